The van der Waals surface area contributed by atoms with Gasteiger partial charge in [0, 0.05) is 37.5 Å². The summed E-state index contributed by atoms with van der Waals surface area (Å²) in [5.41, 5.74) is 6.02. The molecule has 0 aromatic carbocycles. The first kappa shape index (κ1) is 55.9. The van der Waals surface area contributed by atoms with Crippen molar-refractivity contribution in [3.8, 4) is 0 Å². The number of carboxylic acid groups (broad SMARTS) is 1. The van der Waals surface area contributed by atoms with E-state index in [4.69, 9.17) is 24.7 Å². The summed E-state index contributed by atoms with van der Waals surface area (Å²) < 4.78 is 23.1. The van der Waals surface area contributed by atoms with Crippen LogP contribution in [0, 0.1) is 17.8 Å². The van der Waals surface area contributed by atoms with Crippen molar-refractivity contribution in [1.82, 2.24) is 0 Å². The Bertz CT molecular complexity index is 1670. The molecule has 2 bridgehead atoms. The van der Waals surface area contributed by atoms with Crippen molar-refractivity contribution in [2.24, 2.45) is 23.5 Å². The number of hydrogen-bond acceptors (Lipinski definition) is 17. The topological polar surface area (TPSA) is 320 Å². The van der Waals surface area contributed by atoms with Crippen LogP contribution >= 0.6 is 0 Å². The highest BCUT2D eigenvalue weighted by Gasteiger charge is 2.51. The second-order valence-electron chi connectivity index (χ2n) is 17.6. The summed E-state index contributed by atoms with van der Waals surface area (Å²) in [6, 6.07) is -1.15. The van der Waals surface area contributed by atoms with Gasteiger partial charge in [-0.2, -0.15) is 0 Å². The van der Waals surface area contributed by atoms with E-state index in [1.54, 1.807) is 80.7 Å². The van der Waals surface area contributed by atoms with E-state index in [1.807, 2.05) is 19.1 Å². The molecule has 3 aliphatic heterocycles. The highest BCUT2D eigenvalue weighted by molar-refractivity contribution is 5.71. The third-order valence-corrected chi connectivity index (χ3v) is 12.0. The molecule has 0 saturated carbocycles. The maximum Gasteiger partial charge on any atom is 0.311 e. The van der Waals surface area contributed by atoms with E-state index in [2.05, 4.69) is 0 Å². The normalized spacial score (nSPS) is 45.5. The molecular formula is C47H73NO17. The molecule has 0 spiro atoms. The third-order valence-electron chi connectivity index (χ3n) is 12.0. The molecule has 13 N–H and O–H groups in total. The van der Waals surface area contributed by atoms with Crippen LogP contribution in [-0.2, 0) is 28.5 Å². The molecule has 65 heavy (non-hydrogen) atoms. The maximum absolute atomic E-state index is 12.6. The maximum atomic E-state index is 12.6. The quantitative estimate of drug-likeness (QED) is 0.174. The summed E-state index contributed by atoms with van der Waals surface area (Å²) >= 11 is 0. The second kappa shape index (κ2) is 27.4. The third kappa shape index (κ3) is 18.6. The Balaban J connectivity index is 1.86. The van der Waals surface area contributed by atoms with Crippen LogP contribution in [0.1, 0.15) is 79.1 Å². The standard InChI is InChI=1S/C47H73NO17/c1-27-17-15-13-11-9-7-5-6-8-10-12-14-16-18-34(64-46-44(58)41(48)43(57)30(4)63-46)24-38-40(45(59)60)37(54)26-47(61,65-38)25-33(51)22-36(53)35(52)20-19-31(49)21-32(50)23-39(55)62-29(3)28(2)42(27)56/h5-18,27-38,40-44,46,49-54,56-58,61H,19-26,48H2,1-4H3,(H,59,60)/b6-5+,9-7+,10-8+,13-11+,14-12+,17-15+,18-16+/t27-,28-,29-,30+,31+,32+,33-,34?,35+,36+,37-,38-,40?,41-,42+,43+,44-,46?,47+/m0/s1. The summed E-state index contributed by atoms with van der Waals surface area (Å²) in [6.07, 6.45) is 3.46. The number of allylic oxidation sites excluding steroid dienone is 12. The molecule has 3 unspecified atom stereocenters. The molecule has 18 heteroatoms. The van der Waals surface area contributed by atoms with E-state index in [0.29, 0.717) is 0 Å². The van der Waals surface area contributed by atoms with Crippen LogP contribution in [0.15, 0.2) is 85.1 Å². The highest BCUT2D eigenvalue weighted by atomic mass is 16.7. The molecule has 0 aromatic rings. The number of ether oxygens (including phenoxy) is 4. The number of carbonyl (C=O) groups excluding carboxylic acids is 1. The monoisotopic (exact) mass is 923 g/mol. The fourth-order valence-electron chi connectivity index (χ4n) is 7.97. The van der Waals surface area contributed by atoms with Gasteiger partial charge in [0.1, 0.15) is 18.1 Å². The number of aliphatic hydroxyl groups excluding tert-OH is 9. The number of hydrogen-bond donors (Lipinski definition) is 12. The van der Waals surface area contributed by atoms with Crippen molar-refractivity contribution in [3.05, 3.63) is 85.1 Å². The molecule has 3 aliphatic rings. The number of carbonyl (C=O) groups is 2. The van der Waals surface area contributed by atoms with Gasteiger partial charge in [0.25, 0.3) is 0 Å². The lowest BCUT2D eigenvalue weighted by Gasteiger charge is -2.45. The van der Waals surface area contributed by atoms with E-state index >= 15 is 0 Å². The first-order valence-electron chi connectivity index (χ1n) is 22.3. The molecule has 0 aliphatic carbocycles. The Kier molecular flexibility index (Phi) is 23.6. The molecule has 368 valence electrons. The second-order valence-corrected chi connectivity index (χ2v) is 17.6. The smallest absolute Gasteiger partial charge is 0.311 e. The zero-order chi connectivity index (χ0) is 48.4. The van der Waals surface area contributed by atoms with Gasteiger partial charge in [-0.05, 0) is 33.1 Å². The number of esters is 1. The molecular weight excluding hydrogens is 851 g/mol. The lowest BCUT2D eigenvalue weighted by atomic mass is 9.82. The number of cyclic esters (lactones) is 1. The minimum absolute atomic E-state index is 0.107. The van der Waals surface area contributed by atoms with Crippen LogP contribution in [0.3, 0.4) is 0 Å². The number of aliphatic hydroxyl groups is 10. The highest BCUT2D eigenvalue weighted by Crippen LogP contribution is 2.38. The molecule has 0 amide bonds. The van der Waals surface area contributed by atoms with E-state index in [1.165, 1.54) is 13.0 Å². The van der Waals surface area contributed by atoms with Crippen molar-refractivity contribution in [2.75, 3.05) is 0 Å². The number of nitrogens with two attached hydrogens (primary N) is 1. The fraction of sp³-hybridized carbons (Fsp3) is 0.660. The summed E-state index contributed by atoms with van der Waals surface area (Å²) in [7, 11) is 0. The average Bonchev–Trinajstić information content (AvgIpc) is 3.21. The summed E-state index contributed by atoms with van der Waals surface area (Å²) in [5.74, 6) is -6.83. The van der Waals surface area contributed by atoms with Gasteiger partial charge in [0.15, 0.2) is 12.1 Å². The number of fused-ring (bicyclic) bond motifs is 2. The Labute approximate surface area is 381 Å². The molecule has 18 nitrogen and oxygen atoms in total. The van der Waals surface area contributed by atoms with Gasteiger partial charge in [0.05, 0.1) is 79.6 Å². The largest absolute Gasteiger partial charge is 0.481 e. The van der Waals surface area contributed by atoms with Gasteiger partial charge >= 0.3 is 11.9 Å². The van der Waals surface area contributed by atoms with Crippen molar-refractivity contribution >= 4 is 11.9 Å². The van der Waals surface area contributed by atoms with Crippen molar-refractivity contribution < 1.29 is 84.7 Å². The first-order valence-corrected chi connectivity index (χ1v) is 22.3. The average molecular weight is 924 g/mol. The lowest BCUT2D eigenvalue weighted by molar-refractivity contribution is -0.308. The van der Waals surface area contributed by atoms with Crippen molar-refractivity contribution in [2.45, 2.75) is 177 Å². The first-order chi connectivity index (χ1) is 30.6. The predicted molar refractivity (Wildman–Crippen MR) is 237 cm³/mol. The summed E-state index contributed by atoms with van der Waals surface area (Å²) in [5, 5.41) is 118. The van der Waals surface area contributed by atoms with Crippen LogP contribution in [0.25, 0.3) is 0 Å². The van der Waals surface area contributed by atoms with E-state index < -0.39 is 147 Å². The Morgan fingerprint density at radius 3 is 1.82 bits per heavy atom. The van der Waals surface area contributed by atoms with Gasteiger partial charge in [-0.25, -0.2) is 0 Å². The van der Waals surface area contributed by atoms with E-state index in [9.17, 15) is 65.8 Å². The van der Waals surface area contributed by atoms with Gasteiger partial charge in [-0.3, -0.25) is 9.59 Å². The molecule has 3 heterocycles. The Morgan fingerprint density at radius 1 is 0.662 bits per heavy atom. The van der Waals surface area contributed by atoms with E-state index in [0.717, 1.165) is 0 Å². The number of rotatable bonds is 3. The van der Waals surface area contributed by atoms with Crippen LogP contribution in [-0.4, -0.2) is 166 Å². The van der Waals surface area contributed by atoms with E-state index in [-0.39, 0.29) is 31.6 Å². The molecule has 19 atom stereocenters. The van der Waals surface area contributed by atoms with Crippen LogP contribution < -0.4 is 5.73 Å². The van der Waals surface area contributed by atoms with Crippen molar-refractivity contribution in [3.63, 3.8) is 0 Å². The van der Waals surface area contributed by atoms with Gasteiger partial charge in [-0.1, -0.05) is 98.9 Å². The van der Waals surface area contributed by atoms with Gasteiger partial charge in [0.2, 0.25) is 0 Å². The molecule has 0 radical (unpaired) electrons. The minimum Gasteiger partial charge on any atom is -0.481 e. The fourth-order valence-corrected chi connectivity index (χ4v) is 7.97. The molecule has 3 rings (SSSR count). The lowest BCUT2D eigenvalue weighted by Crippen LogP contribution is -2.61. The summed E-state index contributed by atoms with van der Waals surface area (Å²) in [4.78, 5) is 25.1. The number of aliphatic carboxylic acids is 1. The van der Waals surface area contributed by atoms with Crippen LogP contribution in [0.5, 0.6) is 0 Å². The van der Waals surface area contributed by atoms with Crippen LogP contribution in [0.2, 0.25) is 0 Å². The molecule has 0 aromatic heterocycles. The zero-order valence-electron chi connectivity index (χ0n) is 37.6. The summed E-state index contributed by atoms with van der Waals surface area (Å²) in [6.45, 7) is 6.74. The van der Waals surface area contributed by atoms with Gasteiger partial charge < -0.3 is 80.9 Å². The Hall–Kier alpha value is -3.44. The van der Waals surface area contributed by atoms with Crippen LogP contribution in [0.4, 0.5) is 0 Å². The SMILES string of the molecule is C[C@@H]1[C@H](O)[C@@H](C)/C=C/C=C/C=C/C=C/C=C/C=C/C=C/C(OC2O[C@H](C)[C@@H](O)[C@H](N)[C@@H]2O)C[C@@H]2O[C@](O)(C[C@@H](O)C[C@@H](O)[C@H](O)CC[C@@H](O)C[C@@H](O)CC(=O)O[C@H]1C)C[C@H](O)C2C(=O)O. The zero-order valence-corrected chi connectivity index (χ0v) is 37.6. The van der Waals surface area contributed by atoms with Gasteiger partial charge in [-0.15, -0.1) is 0 Å². The van der Waals surface area contributed by atoms with Crippen molar-refractivity contribution in [1.29, 1.82) is 0 Å². The molecule has 2 saturated heterocycles. The Morgan fingerprint density at radius 2 is 1.23 bits per heavy atom. The number of carboxylic acids is 1. The molecule has 2 fully saturated rings. The minimum atomic E-state index is -2.33. The predicted octanol–water partition coefficient (Wildman–Crippen LogP) is 0.712.